The van der Waals surface area contributed by atoms with Crippen molar-refractivity contribution in [3.05, 3.63) is 76.6 Å². The number of carbonyl (C=O) groups is 1. The number of nitrogens with one attached hydrogen (secondary N) is 1. The van der Waals surface area contributed by atoms with Crippen LogP contribution < -0.4 is 5.32 Å². The van der Waals surface area contributed by atoms with Gasteiger partial charge in [-0.05, 0) is 66.1 Å². The lowest BCUT2D eigenvalue weighted by molar-refractivity contribution is 0.0946. The van der Waals surface area contributed by atoms with Crippen molar-refractivity contribution in [2.75, 3.05) is 6.54 Å². The van der Waals surface area contributed by atoms with Gasteiger partial charge in [0, 0.05) is 30.4 Å². The van der Waals surface area contributed by atoms with Crippen molar-refractivity contribution >= 4 is 5.91 Å². The summed E-state index contributed by atoms with van der Waals surface area (Å²) >= 11 is 0. The van der Waals surface area contributed by atoms with E-state index < -0.39 is 0 Å². The monoisotopic (exact) mass is 374 g/mol. The number of nitrogens with zero attached hydrogens (tertiary/aromatic N) is 3. The molecule has 0 radical (unpaired) electrons. The lowest BCUT2D eigenvalue weighted by Crippen LogP contribution is -2.32. The van der Waals surface area contributed by atoms with Gasteiger partial charge in [0.25, 0.3) is 5.91 Å². The molecule has 1 aromatic carbocycles. The van der Waals surface area contributed by atoms with E-state index in [1.54, 1.807) is 24.4 Å². The summed E-state index contributed by atoms with van der Waals surface area (Å²) in [5.41, 5.74) is 5.76. The summed E-state index contributed by atoms with van der Waals surface area (Å²) in [6.07, 6.45) is 6.67. The molecule has 6 heteroatoms. The van der Waals surface area contributed by atoms with Gasteiger partial charge < -0.3 is 5.32 Å². The number of halogens is 1. The molecular formula is C22H19FN4O. The van der Waals surface area contributed by atoms with E-state index in [0.717, 1.165) is 41.6 Å². The minimum absolute atomic E-state index is 0.0773. The zero-order valence-corrected chi connectivity index (χ0v) is 15.3. The van der Waals surface area contributed by atoms with E-state index in [0.29, 0.717) is 35.8 Å². The Labute approximate surface area is 162 Å². The summed E-state index contributed by atoms with van der Waals surface area (Å²) in [5.74, 6) is 0.228. The Morgan fingerprint density at radius 3 is 2.86 bits per heavy atom. The number of carbonyl (C=O) groups excluding carboxylic acids is 1. The van der Waals surface area contributed by atoms with Crippen molar-refractivity contribution in [1.82, 2.24) is 20.3 Å². The number of pyridine rings is 1. The van der Waals surface area contributed by atoms with E-state index in [9.17, 15) is 9.18 Å². The normalized spacial score (nSPS) is 15.8. The van der Waals surface area contributed by atoms with Gasteiger partial charge >= 0.3 is 0 Å². The maximum absolute atomic E-state index is 14.0. The molecular weight excluding hydrogens is 355 g/mol. The molecule has 1 amide bonds. The van der Waals surface area contributed by atoms with Crippen LogP contribution in [0.4, 0.5) is 4.39 Å². The zero-order chi connectivity index (χ0) is 19.1. The van der Waals surface area contributed by atoms with Crippen LogP contribution in [-0.4, -0.2) is 27.4 Å². The third kappa shape index (κ3) is 3.26. The first-order valence-electron chi connectivity index (χ1n) is 9.54. The fourth-order valence-corrected chi connectivity index (χ4v) is 3.84. The summed E-state index contributed by atoms with van der Waals surface area (Å²) < 4.78 is 14.0. The lowest BCUT2D eigenvalue weighted by atomic mass is 9.97. The van der Waals surface area contributed by atoms with Crippen LogP contribution in [0.5, 0.6) is 0 Å². The van der Waals surface area contributed by atoms with Gasteiger partial charge in [0.05, 0.1) is 11.4 Å². The number of aromatic nitrogens is 3. The van der Waals surface area contributed by atoms with Gasteiger partial charge in [0.2, 0.25) is 0 Å². The molecule has 5 rings (SSSR count). The molecule has 0 atom stereocenters. The molecule has 1 aliphatic carbocycles. The van der Waals surface area contributed by atoms with Crippen LogP contribution in [0.3, 0.4) is 0 Å². The minimum atomic E-state index is -0.196. The van der Waals surface area contributed by atoms with E-state index >= 15 is 0 Å². The molecule has 1 N–H and O–H groups in total. The molecule has 5 nitrogen and oxygen atoms in total. The second kappa shape index (κ2) is 6.78. The fraction of sp³-hybridized carbons (Fsp3) is 0.273. The highest BCUT2D eigenvalue weighted by Crippen LogP contribution is 2.40. The number of fused-ring (bicyclic) bond motifs is 1. The molecule has 1 aliphatic heterocycles. The topological polar surface area (TPSA) is 67.8 Å². The summed E-state index contributed by atoms with van der Waals surface area (Å²) in [4.78, 5) is 25.3. The van der Waals surface area contributed by atoms with Gasteiger partial charge in [0.1, 0.15) is 12.1 Å². The van der Waals surface area contributed by atoms with Crippen molar-refractivity contribution in [1.29, 1.82) is 0 Å². The second-order valence-corrected chi connectivity index (χ2v) is 7.43. The van der Waals surface area contributed by atoms with Crippen LogP contribution >= 0.6 is 0 Å². The van der Waals surface area contributed by atoms with Crippen LogP contribution in [0, 0.1) is 5.82 Å². The Hall–Kier alpha value is -3.15. The Kier molecular flexibility index (Phi) is 4.11. The van der Waals surface area contributed by atoms with Gasteiger partial charge in [-0.1, -0.05) is 6.07 Å². The summed E-state index contributed by atoms with van der Waals surface area (Å²) in [6.45, 7) is 0.593. The summed E-state index contributed by atoms with van der Waals surface area (Å²) in [6, 6.07) is 8.91. The number of hydrogen-bond donors (Lipinski definition) is 1. The van der Waals surface area contributed by atoms with Gasteiger partial charge in [-0.3, -0.25) is 9.78 Å². The van der Waals surface area contributed by atoms with Crippen molar-refractivity contribution in [2.45, 2.75) is 31.6 Å². The van der Waals surface area contributed by atoms with Crippen LogP contribution in [0.2, 0.25) is 0 Å². The first-order valence-corrected chi connectivity index (χ1v) is 9.54. The van der Waals surface area contributed by atoms with Crippen molar-refractivity contribution in [3.8, 4) is 11.4 Å². The predicted octanol–water partition coefficient (Wildman–Crippen LogP) is 3.43. The molecule has 140 valence electrons. The molecule has 2 aromatic heterocycles. The highest BCUT2D eigenvalue weighted by molar-refractivity contribution is 5.98. The molecule has 1 fully saturated rings. The number of rotatable bonds is 4. The number of hydrogen-bond acceptors (Lipinski definition) is 4. The van der Waals surface area contributed by atoms with E-state index in [2.05, 4.69) is 26.3 Å². The van der Waals surface area contributed by atoms with Crippen molar-refractivity contribution in [3.63, 3.8) is 0 Å². The minimum Gasteiger partial charge on any atom is -0.352 e. The third-order valence-electron chi connectivity index (χ3n) is 5.34. The van der Waals surface area contributed by atoms with Crippen LogP contribution in [0.25, 0.3) is 11.4 Å². The van der Waals surface area contributed by atoms with Gasteiger partial charge in [-0.25, -0.2) is 14.4 Å². The van der Waals surface area contributed by atoms with Crippen LogP contribution in [0.15, 0.2) is 42.9 Å². The Balaban J connectivity index is 1.48. The maximum atomic E-state index is 14.0. The molecule has 1 saturated carbocycles. The molecule has 3 heterocycles. The first-order chi connectivity index (χ1) is 13.7. The summed E-state index contributed by atoms with van der Waals surface area (Å²) in [7, 11) is 0. The zero-order valence-electron chi connectivity index (χ0n) is 15.3. The summed E-state index contributed by atoms with van der Waals surface area (Å²) in [5, 5.41) is 2.85. The smallest absolute Gasteiger partial charge is 0.251 e. The SMILES string of the molecule is O=C1NCCc2c1ccnc2-c1cc(Cc2cc(F)cc(C3CC3)c2)ncn1. The van der Waals surface area contributed by atoms with E-state index in [4.69, 9.17) is 0 Å². The highest BCUT2D eigenvalue weighted by Gasteiger charge is 2.24. The van der Waals surface area contributed by atoms with E-state index in [1.807, 2.05) is 6.07 Å². The van der Waals surface area contributed by atoms with Gasteiger partial charge in [-0.2, -0.15) is 0 Å². The average molecular weight is 374 g/mol. The van der Waals surface area contributed by atoms with E-state index in [-0.39, 0.29) is 11.7 Å². The van der Waals surface area contributed by atoms with Crippen LogP contribution in [-0.2, 0) is 12.8 Å². The van der Waals surface area contributed by atoms with Gasteiger partial charge in [-0.15, -0.1) is 0 Å². The van der Waals surface area contributed by atoms with Gasteiger partial charge in [0.15, 0.2) is 0 Å². The Morgan fingerprint density at radius 2 is 2.00 bits per heavy atom. The van der Waals surface area contributed by atoms with E-state index in [1.165, 1.54) is 6.33 Å². The first kappa shape index (κ1) is 17.0. The standard InChI is InChI=1S/C22H19FN4O/c23-16-8-13(7-15(10-16)14-1-2-14)9-17-11-20(27-12-26-17)21-18-3-6-25-22(28)19(18)4-5-24-21/h4-5,7-8,10-12,14H,1-3,6,9H2,(H,25,28). The molecule has 0 bridgehead atoms. The average Bonchev–Trinajstić information content (AvgIpc) is 3.53. The fourth-order valence-electron chi connectivity index (χ4n) is 3.84. The molecule has 3 aromatic rings. The van der Waals surface area contributed by atoms with Crippen LogP contribution in [0.1, 0.15) is 51.5 Å². The lowest BCUT2D eigenvalue weighted by Gasteiger charge is -2.18. The Bertz CT molecular complexity index is 1080. The predicted molar refractivity (Wildman–Crippen MR) is 102 cm³/mol. The molecule has 28 heavy (non-hydrogen) atoms. The second-order valence-electron chi connectivity index (χ2n) is 7.43. The molecule has 2 aliphatic rings. The Morgan fingerprint density at radius 1 is 1.11 bits per heavy atom. The number of benzene rings is 1. The number of amides is 1. The molecule has 0 saturated heterocycles. The maximum Gasteiger partial charge on any atom is 0.251 e. The van der Waals surface area contributed by atoms with Crippen molar-refractivity contribution < 1.29 is 9.18 Å². The molecule has 0 unspecified atom stereocenters. The van der Waals surface area contributed by atoms with Crippen molar-refractivity contribution in [2.24, 2.45) is 0 Å². The third-order valence-corrected chi connectivity index (χ3v) is 5.34. The quantitative estimate of drug-likeness (QED) is 0.760. The molecule has 0 spiro atoms. The largest absolute Gasteiger partial charge is 0.352 e. The highest BCUT2D eigenvalue weighted by atomic mass is 19.1.